The molecule has 0 spiro atoms. The van der Waals surface area contributed by atoms with E-state index in [1.165, 1.54) is 19.2 Å². The topological polar surface area (TPSA) is 69.4 Å². The Morgan fingerprint density at radius 2 is 1.81 bits per heavy atom. The van der Waals surface area contributed by atoms with Crippen LogP contribution in [0.5, 0.6) is 11.5 Å². The lowest BCUT2D eigenvalue weighted by Gasteiger charge is -2.33. The molecule has 0 aliphatic carbocycles. The fourth-order valence-corrected chi connectivity index (χ4v) is 3.90. The number of piperazine rings is 1. The largest absolute Gasteiger partial charge is 0.504 e. The summed E-state index contributed by atoms with van der Waals surface area (Å²) in [5, 5.41) is 10.4. The molecule has 7 nitrogen and oxygen atoms in total. The molecule has 7 heteroatoms. The SMILES string of the molecule is COc1c(O)ccc2c(=O)cc(-c3ccc(N(C)CCN4CCN(C)CC4)cc3)oc12. The highest BCUT2D eigenvalue weighted by molar-refractivity contribution is 5.86. The van der Waals surface area contributed by atoms with E-state index in [2.05, 4.69) is 28.8 Å². The molecule has 1 aromatic heterocycles. The normalized spacial score (nSPS) is 15.3. The number of ether oxygens (including phenoxy) is 1. The molecule has 1 aliphatic heterocycles. The number of nitrogens with zero attached hydrogens (tertiary/aromatic N) is 3. The number of fused-ring (bicyclic) bond motifs is 1. The zero-order valence-electron chi connectivity index (χ0n) is 18.3. The van der Waals surface area contributed by atoms with Crippen LogP contribution < -0.4 is 15.1 Å². The molecule has 4 rings (SSSR count). The summed E-state index contributed by atoms with van der Waals surface area (Å²) in [5.74, 6) is 0.539. The van der Waals surface area contributed by atoms with Gasteiger partial charge in [0, 0.05) is 63.6 Å². The van der Waals surface area contributed by atoms with E-state index in [0.717, 1.165) is 50.5 Å². The van der Waals surface area contributed by atoms with Gasteiger partial charge in [-0.05, 0) is 43.4 Å². The molecule has 1 saturated heterocycles. The van der Waals surface area contributed by atoms with Crippen molar-refractivity contribution in [2.24, 2.45) is 0 Å². The standard InChI is InChI=1S/C24H29N3O4/c1-25-10-13-27(14-11-25)15-12-26(2)18-6-4-17(5-7-18)22-16-21(29)19-8-9-20(28)24(30-3)23(19)31-22/h4-9,16,28H,10-15H2,1-3H3. The molecule has 1 aliphatic rings. The zero-order chi connectivity index (χ0) is 22.0. The maximum Gasteiger partial charge on any atom is 0.204 e. The predicted molar refractivity (Wildman–Crippen MR) is 123 cm³/mol. The van der Waals surface area contributed by atoms with Gasteiger partial charge in [0.1, 0.15) is 5.76 Å². The molecule has 0 amide bonds. The van der Waals surface area contributed by atoms with Crippen LogP contribution in [0.15, 0.2) is 51.7 Å². The maximum absolute atomic E-state index is 12.6. The molecular weight excluding hydrogens is 394 g/mol. The van der Waals surface area contributed by atoms with Crippen molar-refractivity contribution < 1.29 is 14.3 Å². The van der Waals surface area contributed by atoms with Gasteiger partial charge in [-0.1, -0.05) is 0 Å². The van der Waals surface area contributed by atoms with Crippen LogP contribution in [0.2, 0.25) is 0 Å². The van der Waals surface area contributed by atoms with E-state index in [9.17, 15) is 9.90 Å². The first-order valence-corrected chi connectivity index (χ1v) is 10.5. The Balaban J connectivity index is 1.51. The van der Waals surface area contributed by atoms with Gasteiger partial charge in [0.2, 0.25) is 5.75 Å². The third kappa shape index (κ3) is 4.52. The summed E-state index contributed by atoms with van der Waals surface area (Å²) in [6.07, 6.45) is 0. The second kappa shape index (κ2) is 8.99. The van der Waals surface area contributed by atoms with Crippen molar-refractivity contribution in [2.75, 3.05) is 65.4 Å². The Kier molecular flexibility index (Phi) is 6.15. The Labute approximate surface area is 182 Å². The van der Waals surface area contributed by atoms with Crippen LogP contribution in [-0.2, 0) is 0 Å². The molecule has 2 aromatic carbocycles. The van der Waals surface area contributed by atoms with Crippen LogP contribution in [0.4, 0.5) is 5.69 Å². The monoisotopic (exact) mass is 423 g/mol. The van der Waals surface area contributed by atoms with Gasteiger partial charge < -0.3 is 24.1 Å². The number of phenolic OH excluding ortho intramolecular Hbond substituents is 1. The molecule has 0 bridgehead atoms. The van der Waals surface area contributed by atoms with E-state index in [0.29, 0.717) is 11.1 Å². The van der Waals surface area contributed by atoms with E-state index in [1.54, 1.807) is 6.07 Å². The van der Waals surface area contributed by atoms with Gasteiger partial charge in [0.15, 0.2) is 16.8 Å². The first-order valence-electron chi connectivity index (χ1n) is 10.5. The molecule has 31 heavy (non-hydrogen) atoms. The minimum Gasteiger partial charge on any atom is -0.504 e. The molecule has 2 heterocycles. The van der Waals surface area contributed by atoms with Crippen LogP contribution in [0.3, 0.4) is 0 Å². The van der Waals surface area contributed by atoms with E-state index < -0.39 is 0 Å². The third-order valence-corrected chi connectivity index (χ3v) is 5.98. The van der Waals surface area contributed by atoms with E-state index in [-0.39, 0.29) is 22.5 Å². The number of aromatic hydroxyl groups is 1. The average molecular weight is 424 g/mol. The summed E-state index contributed by atoms with van der Waals surface area (Å²) >= 11 is 0. The third-order valence-electron chi connectivity index (χ3n) is 5.98. The summed E-state index contributed by atoms with van der Waals surface area (Å²) < 4.78 is 11.2. The van der Waals surface area contributed by atoms with E-state index >= 15 is 0 Å². The van der Waals surface area contributed by atoms with Gasteiger partial charge in [-0.2, -0.15) is 0 Å². The highest BCUT2D eigenvalue weighted by Crippen LogP contribution is 2.35. The lowest BCUT2D eigenvalue weighted by Crippen LogP contribution is -2.46. The van der Waals surface area contributed by atoms with Gasteiger partial charge in [-0.25, -0.2) is 0 Å². The Morgan fingerprint density at radius 3 is 2.48 bits per heavy atom. The van der Waals surface area contributed by atoms with Crippen molar-refractivity contribution in [3.63, 3.8) is 0 Å². The van der Waals surface area contributed by atoms with Crippen LogP contribution >= 0.6 is 0 Å². The minimum atomic E-state index is -0.178. The Bertz CT molecular complexity index is 1100. The van der Waals surface area contributed by atoms with Crippen molar-refractivity contribution in [3.8, 4) is 22.8 Å². The fraction of sp³-hybridized carbons (Fsp3) is 0.375. The number of anilines is 1. The van der Waals surface area contributed by atoms with Crippen molar-refractivity contribution in [1.29, 1.82) is 0 Å². The average Bonchev–Trinajstić information content (AvgIpc) is 2.78. The fourth-order valence-electron chi connectivity index (χ4n) is 3.90. The second-order valence-electron chi connectivity index (χ2n) is 8.08. The van der Waals surface area contributed by atoms with Crippen LogP contribution in [0.1, 0.15) is 0 Å². The summed E-state index contributed by atoms with van der Waals surface area (Å²) in [6.45, 7) is 6.46. The van der Waals surface area contributed by atoms with Crippen LogP contribution in [-0.4, -0.2) is 75.4 Å². The summed E-state index contributed by atoms with van der Waals surface area (Å²) in [4.78, 5) is 19.7. The molecule has 1 N–H and O–H groups in total. The smallest absolute Gasteiger partial charge is 0.204 e. The number of phenols is 1. The first kappa shape index (κ1) is 21.2. The Morgan fingerprint density at radius 1 is 1.10 bits per heavy atom. The van der Waals surface area contributed by atoms with Crippen molar-refractivity contribution in [3.05, 3.63) is 52.7 Å². The predicted octanol–water partition coefficient (Wildman–Crippen LogP) is 2.86. The van der Waals surface area contributed by atoms with E-state index in [4.69, 9.17) is 9.15 Å². The molecule has 164 valence electrons. The number of rotatable bonds is 6. The minimum absolute atomic E-state index is 0.0624. The highest BCUT2D eigenvalue weighted by Gasteiger charge is 2.16. The molecule has 0 atom stereocenters. The summed E-state index contributed by atoms with van der Waals surface area (Å²) in [7, 11) is 5.70. The first-order chi connectivity index (χ1) is 15.0. The van der Waals surface area contributed by atoms with Gasteiger partial charge in [0.05, 0.1) is 12.5 Å². The maximum atomic E-state index is 12.6. The molecule has 1 fully saturated rings. The van der Waals surface area contributed by atoms with Crippen molar-refractivity contribution >= 4 is 16.7 Å². The van der Waals surface area contributed by atoms with Crippen LogP contribution in [0, 0.1) is 0 Å². The van der Waals surface area contributed by atoms with Crippen molar-refractivity contribution in [1.82, 2.24) is 9.80 Å². The van der Waals surface area contributed by atoms with E-state index in [1.807, 2.05) is 24.3 Å². The van der Waals surface area contributed by atoms with Gasteiger partial charge >= 0.3 is 0 Å². The number of hydrogen-bond acceptors (Lipinski definition) is 7. The lowest BCUT2D eigenvalue weighted by molar-refractivity contribution is 0.157. The number of methoxy groups -OCH3 is 1. The number of likely N-dealkylation sites (N-methyl/N-ethyl adjacent to an activating group) is 2. The summed E-state index contributed by atoms with van der Waals surface area (Å²) in [5.41, 5.74) is 1.97. The molecule has 0 saturated carbocycles. The quantitative estimate of drug-likeness (QED) is 0.654. The second-order valence-corrected chi connectivity index (χ2v) is 8.08. The number of benzene rings is 2. The molecule has 3 aromatic rings. The van der Waals surface area contributed by atoms with Gasteiger partial charge in [-0.15, -0.1) is 0 Å². The molecule has 0 radical (unpaired) electrons. The number of hydrogen-bond donors (Lipinski definition) is 1. The molecular formula is C24H29N3O4. The lowest BCUT2D eigenvalue weighted by atomic mass is 10.1. The Hall–Kier alpha value is -3.03. The molecule has 0 unspecified atom stereocenters. The zero-order valence-corrected chi connectivity index (χ0v) is 18.3. The highest BCUT2D eigenvalue weighted by atomic mass is 16.5. The van der Waals surface area contributed by atoms with Gasteiger partial charge in [0.25, 0.3) is 0 Å². The summed E-state index contributed by atoms with van der Waals surface area (Å²) in [6, 6.07) is 12.4. The van der Waals surface area contributed by atoms with Crippen LogP contribution in [0.25, 0.3) is 22.3 Å². The van der Waals surface area contributed by atoms with Crippen molar-refractivity contribution in [2.45, 2.75) is 0 Å². The van der Waals surface area contributed by atoms with Gasteiger partial charge in [-0.3, -0.25) is 9.69 Å².